The lowest BCUT2D eigenvalue weighted by atomic mass is 10.1. The number of ether oxygens (including phenoxy) is 1. The Labute approximate surface area is 117 Å². The normalized spacial score (nSPS) is 11.4. The molecule has 1 rings (SSSR count). The van der Waals surface area contributed by atoms with Crippen molar-refractivity contribution in [3.63, 3.8) is 0 Å². The Bertz CT molecular complexity index is 361. The van der Waals surface area contributed by atoms with Crippen LogP contribution in [0.15, 0.2) is 6.07 Å². The van der Waals surface area contributed by atoms with Gasteiger partial charge in [0.2, 0.25) is 5.88 Å². The van der Waals surface area contributed by atoms with Gasteiger partial charge >= 0.3 is 0 Å². The summed E-state index contributed by atoms with van der Waals surface area (Å²) >= 11 is 0. The first kappa shape index (κ1) is 15.7. The van der Waals surface area contributed by atoms with E-state index in [1.54, 1.807) is 0 Å². The van der Waals surface area contributed by atoms with Crippen LogP contribution in [0.3, 0.4) is 0 Å². The highest BCUT2D eigenvalue weighted by atomic mass is 16.5. The standard InChI is InChI=1S/C15H27N3O/c1-10(2)7-13-17-14(16-12(5)6)8-15(18-13)19-9-11(3)4/h8,10-12H,7,9H2,1-6H3,(H,16,17,18). The van der Waals surface area contributed by atoms with E-state index in [9.17, 15) is 0 Å². The summed E-state index contributed by atoms with van der Waals surface area (Å²) in [6.07, 6.45) is 0.867. The van der Waals surface area contributed by atoms with Crippen LogP contribution >= 0.6 is 0 Å². The van der Waals surface area contributed by atoms with Crippen LogP contribution < -0.4 is 10.1 Å². The lowest BCUT2D eigenvalue weighted by Crippen LogP contribution is -2.14. The number of hydrogen-bond donors (Lipinski definition) is 1. The van der Waals surface area contributed by atoms with E-state index >= 15 is 0 Å². The lowest BCUT2D eigenvalue weighted by molar-refractivity contribution is 0.260. The summed E-state index contributed by atoms with van der Waals surface area (Å²) in [7, 11) is 0. The number of rotatable bonds is 7. The average molecular weight is 265 g/mol. The van der Waals surface area contributed by atoms with Crippen LogP contribution in [0.2, 0.25) is 0 Å². The van der Waals surface area contributed by atoms with Crippen molar-refractivity contribution in [2.24, 2.45) is 11.8 Å². The summed E-state index contributed by atoms with van der Waals surface area (Å²) in [4.78, 5) is 9.02. The van der Waals surface area contributed by atoms with Gasteiger partial charge in [0.15, 0.2) is 0 Å². The van der Waals surface area contributed by atoms with Crippen molar-refractivity contribution in [2.75, 3.05) is 11.9 Å². The molecule has 4 nitrogen and oxygen atoms in total. The van der Waals surface area contributed by atoms with Gasteiger partial charge in [-0.25, -0.2) is 4.98 Å². The predicted molar refractivity (Wildman–Crippen MR) is 79.7 cm³/mol. The zero-order valence-corrected chi connectivity index (χ0v) is 13.0. The summed E-state index contributed by atoms with van der Waals surface area (Å²) < 4.78 is 5.72. The average Bonchev–Trinajstić information content (AvgIpc) is 2.24. The van der Waals surface area contributed by atoms with E-state index in [4.69, 9.17) is 4.74 Å². The Morgan fingerprint density at radius 3 is 2.26 bits per heavy atom. The van der Waals surface area contributed by atoms with Crippen molar-refractivity contribution < 1.29 is 4.74 Å². The zero-order chi connectivity index (χ0) is 14.4. The molecule has 0 spiro atoms. The Morgan fingerprint density at radius 2 is 1.74 bits per heavy atom. The summed E-state index contributed by atoms with van der Waals surface area (Å²) in [6.45, 7) is 13.5. The fourth-order valence-electron chi connectivity index (χ4n) is 1.62. The van der Waals surface area contributed by atoms with Crippen LogP contribution in [0.1, 0.15) is 47.4 Å². The molecule has 0 saturated carbocycles. The molecule has 19 heavy (non-hydrogen) atoms. The van der Waals surface area contributed by atoms with Crippen molar-refractivity contribution in [2.45, 2.75) is 54.0 Å². The summed E-state index contributed by atoms with van der Waals surface area (Å²) in [5, 5.41) is 3.32. The maximum atomic E-state index is 5.72. The molecule has 1 aromatic rings. The van der Waals surface area contributed by atoms with Crippen molar-refractivity contribution in [3.05, 3.63) is 11.9 Å². The van der Waals surface area contributed by atoms with Crippen LogP contribution in [0.5, 0.6) is 5.88 Å². The van der Waals surface area contributed by atoms with Gasteiger partial charge in [-0.1, -0.05) is 27.7 Å². The first-order chi connectivity index (χ1) is 8.86. The molecule has 108 valence electrons. The molecule has 0 bridgehead atoms. The van der Waals surface area contributed by atoms with E-state index in [-0.39, 0.29) is 0 Å². The van der Waals surface area contributed by atoms with E-state index in [0.29, 0.717) is 30.4 Å². The molecule has 0 aromatic carbocycles. The number of hydrogen-bond acceptors (Lipinski definition) is 4. The van der Waals surface area contributed by atoms with Gasteiger partial charge in [-0.3, -0.25) is 0 Å². The highest BCUT2D eigenvalue weighted by molar-refractivity contribution is 5.39. The monoisotopic (exact) mass is 265 g/mol. The second-order valence-corrected chi connectivity index (χ2v) is 6.11. The van der Waals surface area contributed by atoms with Gasteiger partial charge in [-0.15, -0.1) is 0 Å². The van der Waals surface area contributed by atoms with E-state index in [0.717, 1.165) is 18.1 Å². The zero-order valence-electron chi connectivity index (χ0n) is 13.0. The fraction of sp³-hybridized carbons (Fsp3) is 0.733. The molecule has 0 aliphatic rings. The minimum absolute atomic E-state index is 0.347. The highest BCUT2D eigenvalue weighted by Crippen LogP contribution is 2.17. The smallest absolute Gasteiger partial charge is 0.218 e. The van der Waals surface area contributed by atoms with E-state index in [1.807, 2.05) is 6.07 Å². The number of nitrogens with zero attached hydrogens (tertiary/aromatic N) is 2. The van der Waals surface area contributed by atoms with Crippen molar-refractivity contribution in [1.82, 2.24) is 9.97 Å². The molecule has 0 saturated heterocycles. The minimum Gasteiger partial charge on any atom is -0.477 e. The molecule has 0 unspecified atom stereocenters. The molecule has 4 heteroatoms. The van der Waals surface area contributed by atoms with Crippen molar-refractivity contribution >= 4 is 5.82 Å². The van der Waals surface area contributed by atoms with Gasteiger partial charge < -0.3 is 10.1 Å². The Kier molecular flexibility index (Phi) is 6.06. The molecule has 0 amide bonds. The van der Waals surface area contributed by atoms with Gasteiger partial charge in [0.25, 0.3) is 0 Å². The summed E-state index contributed by atoms with van der Waals surface area (Å²) in [5.41, 5.74) is 0. The molecule has 1 heterocycles. The van der Waals surface area contributed by atoms with Gasteiger partial charge in [0.05, 0.1) is 6.61 Å². The number of anilines is 1. The van der Waals surface area contributed by atoms with Crippen LogP contribution in [-0.2, 0) is 6.42 Å². The van der Waals surface area contributed by atoms with Gasteiger partial charge in [0, 0.05) is 18.5 Å². The Balaban J connectivity index is 2.88. The Hall–Kier alpha value is -1.32. The molecule has 1 aromatic heterocycles. The van der Waals surface area contributed by atoms with Gasteiger partial charge in [0.1, 0.15) is 11.6 Å². The van der Waals surface area contributed by atoms with Crippen molar-refractivity contribution in [1.29, 1.82) is 0 Å². The largest absolute Gasteiger partial charge is 0.477 e. The van der Waals surface area contributed by atoms with Crippen LogP contribution in [-0.4, -0.2) is 22.6 Å². The molecule has 0 aliphatic heterocycles. The second kappa shape index (κ2) is 7.31. The third-order valence-corrected chi connectivity index (χ3v) is 2.34. The van der Waals surface area contributed by atoms with E-state index in [1.165, 1.54) is 0 Å². The highest BCUT2D eigenvalue weighted by Gasteiger charge is 2.09. The third kappa shape index (κ3) is 6.41. The topological polar surface area (TPSA) is 47.0 Å². The van der Waals surface area contributed by atoms with Gasteiger partial charge in [-0.05, 0) is 25.7 Å². The second-order valence-electron chi connectivity index (χ2n) is 6.11. The van der Waals surface area contributed by atoms with Crippen LogP contribution in [0.4, 0.5) is 5.82 Å². The molecule has 1 N–H and O–H groups in total. The predicted octanol–water partition coefficient (Wildman–Crippen LogP) is 3.53. The summed E-state index contributed by atoms with van der Waals surface area (Å²) in [5.74, 6) is 3.39. The molecular formula is C15H27N3O. The molecule has 0 aliphatic carbocycles. The van der Waals surface area contributed by atoms with Crippen LogP contribution in [0, 0.1) is 11.8 Å². The quantitative estimate of drug-likeness (QED) is 0.819. The molecule has 0 radical (unpaired) electrons. The fourth-order valence-corrected chi connectivity index (χ4v) is 1.62. The first-order valence-corrected chi connectivity index (χ1v) is 7.14. The lowest BCUT2D eigenvalue weighted by Gasteiger charge is -2.14. The number of nitrogens with one attached hydrogen (secondary N) is 1. The molecule has 0 fully saturated rings. The van der Waals surface area contributed by atoms with E-state index in [2.05, 4.69) is 56.8 Å². The maximum absolute atomic E-state index is 5.72. The third-order valence-electron chi connectivity index (χ3n) is 2.34. The number of aromatic nitrogens is 2. The minimum atomic E-state index is 0.347. The molecular weight excluding hydrogens is 238 g/mol. The van der Waals surface area contributed by atoms with E-state index < -0.39 is 0 Å². The SMILES string of the molecule is CC(C)COc1cc(NC(C)C)nc(CC(C)C)n1. The van der Waals surface area contributed by atoms with Crippen molar-refractivity contribution in [3.8, 4) is 5.88 Å². The first-order valence-electron chi connectivity index (χ1n) is 7.14. The summed E-state index contributed by atoms with van der Waals surface area (Å²) in [6, 6.07) is 2.23. The van der Waals surface area contributed by atoms with Crippen LogP contribution in [0.25, 0.3) is 0 Å². The maximum Gasteiger partial charge on any atom is 0.218 e. The van der Waals surface area contributed by atoms with Gasteiger partial charge in [-0.2, -0.15) is 4.98 Å². The molecule has 0 atom stereocenters. The Morgan fingerprint density at radius 1 is 1.05 bits per heavy atom.